The molecule has 2 rings (SSSR count). The lowest BCUT2D eigenvalue weighted by Gasteiger charge is -2.28. The van der Waals surface area contributed by atoms with Crippen LogP contribution in [0.5, 0.6) is 5.75 Å². The lowest BCUT2D eigenvalue weighted by Crippen LogP contribution is -2.23. The first-order valence-corrected chi connectivity index (χ1v) is 6.30. The van der Waals surface area contributed by atoms with Crippen molar-refractivity contribution in [3.05, 3.63) is 28.8 Å². The van der Waals surface area contributed by atoms with Crippen LogP contribution < -0.4 is 5.73 Å². The van der Waals surface area contributed by atoms with Gasteiger partial charge in [0.25, 0.3) is 0 Å². The van der Waals surface area contributed by atoms with Crippen LogP contribution in [-0.4, -0.2) is 5.11 Å². The molecule has 1 fully saturated rings. The van der Waals surface area contributed by atoms with Crippen LogP contribution in [-0.2, 0) is 0 Å². The highest BCUT2D eigenvalue weighted by Gasteiger charge is 2.23. The number of aromatic hydroxyl groups is 1. The van der Waals surface area contributed by atoms with Crippen LogP contribution in [0.1, 0.15) is 43.7 Å². The van der Waals surface area contributed by atoms with E-state index in [0.29, 0.717) is 10.9 Å². The second-order valence-electron chi connectivity index (χ2n) is 4.63. The summed E-state index contributed by atoms with van der Waals surface area (Å²) in [7, 11) is 0. The van der Waals surface area contributed by atoms with Gasteiger partial charge in [0.2, 0.25) is 0 Å². The molecule has 1 aliphatic rings. The summed E-state index contributed by atoms with van der Waals surface area (Å²) in [5, 5.41) is 10.4. The topological polar surface area (TPSA) is 46.2 Å². The quantitative estimate of drug-likeness (QED) is 0.828. The maximum absolute atomic E-state index is 9.80. The average molecular weight is 240 g/mol. The molecule has 0 aromatic heterocycles. The lowest BCUT2D eigenvalue weighted by atomic mass is 9.81. The Bertz CT molecular complexity index is 361. The molecule has 0 bridgehead atoms. The van der Waals surface area contributed by atoms with Crippen LogP contribution in [0.3, 0.4) is 0 Å². The standard InChI is InChI=1S/C13H18ClNO/c14-10-6-7-12(16)11(8-10)13(15)9-4-2-1-3-5-9/h6-9,13,16H,1-5,15H2/t13-/m1/s1. The van der Waals surface area contributed by atoms with Crippen LogP contribution in [0.2, 0.25) is 5.02 Å². The predicted molar refractivity (Wildman–Crippen MR) is 66.6 cm³/mol. The first-order chi connectivity index (χ1) is 7.68. The van der Waals surface area contributed by atoms with Gasteiger partial charge in [-0.25, -0.2) is 0 Å². The van der Waals surface area contributed by atoms with E-state index in [-0.39, 0.29) is 11.8 Å². The van der Waals surface area contributed by atoms with E-state index in [1.165, 1.54) is 19.3 Å². The zero-order valence-corrected chi connectivity index (χ0v) is 10.1. The molecule has 0 aliphatic heterocycles. The largest absolute Gasteiger partial charge is 0.508 e. The third kappa shape index (κ3) is 2.50. The van der Waals surface area contributed by atoms with Crippen molar-refractivity contribution < 1.29 is 5.11 Å². The van der Waals surface area contributed by atoms with Gasteiger partial charge in [-0.1, -0.05) is 30.9 Å². The Labute approximate surface area is 101 Å². The Morgan fingerprint density at radius 1 is 1.25 bits per heavy atom. The first-order valence-electron chi connectivity index (χ1n) is 5.92. The van der Waals surface area contributed by atoms with Crippen LogP contribution in [0, 0.1) is 5.92 Å². The van der Waals surface area contributed by atoms with Crippen molar-refractivity contribution in [1.82, 2.24) is 0 Å². The van der Waals surface area contributed by atoms with Gasteiger partial charge in [-0.05, 0) is 37.0 Å². The zero-order chi connectivity index (χ0) is 11.5. The van der Waals surface area contributed by atoms with Gasteiger partial charge >= 0.3 is 0 Å². The van der Waals surface area contributed by atoms with Crippen molar-refractivity contribution in [3.63, 3.8) is 0 Å². The molecule has 1 atom stereocenters. The van der Waals surface area contributed by atoms with Crippen molar-refractivity contribution in [2.75, 3.05) is 0 Å². The minimum Gasteiger partial charge on any atom is -0.508 e. The Morgan fingerprint density at radius 3 is 2.62 bits per heavy atom. The monoisotopic (exact) mass is 239 g/mol. The Kier molecular flexibility index (Phi) is 3.72. The molecule has 1 saturated carbocycles. The SMILES string of the molecule is N[C@@H](c1cc(Cl)ccc1O)C1CCCCC1. The van der Waals surface area contributed by atoms with Gasteiger partial charge in [0, 0.05) is 16.6 Å². The van der Waals surface area contributed by atoms with Crippen molar-refractivity contribution in [3.8, 4) is 5.75 Å². The summed E-state index contributed by atoms with van der Waals surface area (Å²) in [6.07, 6.45) is 6.13. The summed E-state index contributed by atoms with van der Waals surface area (Å²) < 4.78 is 0. The molecule has 1 aliphatic carbocycles. The lowest BCUT2D eigenvalue weighted by molar-refractivity contribution is 0.303. The summed E-state index contributed by atoms with van der Waals surface area (Å²) in [5.74, 6) is 0.751. The molecule has 0 amide bonds. The fraction of sp³-hybridized carbons (Fsp3) is 0.538. The van der Waals surface area contributed by atoms with Gasteiger partial charge in [-0.3, -0.25) is 0 Å². The minimum atomic E-state index is -0.0843. The number of hydrogen-bond acceptors (Lipinski definition) is 2. The summed E-state index contributed by atoms with van der Waals surface area (Å²) in [5.41, 5.74) is 7.01. The van der Waals surface area contributed by atoms with Crippen molar-refractivity contribution >= 4 is 11.6 Å². The van der Waals surface area contributed by atoms with Crippen LogP contribution in [0.4, 0.5) is 0 Å². The van der Waals surface area contributed by atoms with E-state index in [2.05, 4.69) is 0 Å². The predicted octanol–water partition coefficient (Wildman–Crippen LogP) is 3.63. The van der Waals surface area contributed by atoms with E-state index in [1.54, 1.807) is 18.2 Å². The number of halogens is 1. The van der Waals surface area contributed by atoms with Crippen LogP contribution >= 0.6 is 11.6 Å². The van der Waals surface area contributed by atoms with E-state index in [4.69, 9.17) is 17.3 Å². The van der Waals surface area contributed by atoms with Crippen molar-refractivity contribution in [2.24, 2.45) is 11.7 Å². The Morgan fingerprint density at radius 2 is 1.94 bits per heavy atom. The second kappa shape index (κ2) is 5.07. The molecule has 0 heterocycles. The van der Waals surface area contributed by atoms with Gasteiger partial charge < -0.3 is 10.8 Å². The highest BCUT2D eigenvalue weighted by molar-refractivity contribution is 6.30. The third-order valence-electron chi connectivity index (χ3n) is 3.51. The van der Waals surface area contributed by atoms with Gasteiger partial charge in [-0.15, -0.1) is 0 Å². The van der Waals surface area contributed by atoms with E-state index in [1.807, 2.05) is 0 Å². The second-order valence-corrected chi connectivity index (χ2v) is 5.06. The molecule has 3 N–H and O–H groups in total. The molecule has 16 heavy (non-hydrogen) atoms. The van der Waals surface area contributed by atoms with E-state index >= 15 is 0 Å². The highest BCUT2D eigenvalue weighted by atomic mass is 35.5. The molecule has 88 valence electrons. The van der Waals surface area contributed by atoms with Gasteiger partial charge in [0.15, 0.2) is 0 Å². The number of benzene rings is 1. The molecule has 0 radical (unpaired) electrons. The van der Waals surface area contributed by atoms with Crippen LogP contribution in [0.25, 0.3) is 0 Å². The van der Waals surface area contributed by atoms with E-state index in [9.17, 15) is 5.11 Å². The summed E-state index contributed by atoms with van der Waals surface area (Å²) in [6.45, 7) is 0. The zero-order valence-electron chi connectivity index (χ0n) is 9.32. The normalized spacial score (nSPS) is 19.6. The Balaban J connectivity index is 2.18. The highest BCUT2D eigenvalue weighted by Crippen LogP contribution is 2.36. The molecule has 0 saturated heterocycles. The summed E-state index contributed by atoms with van der Waals surface area (Å²) in [6, 6.07) is 5.02. The fourth-order valence-corrected chi connectivity index (χ4v) is 2.72. The van der Waals surface area contributed by atoms with Gasteiger partial charge in [0.05, 0.1) is 0 Å². The number of phenolic OH excluding ortho intramolecular Hbond substituents is 1. The summed E-state index contributed by atoms with van der Waals surface area (Å²) >= 11 is 5.93. The van der Waals surface area contributed by atoms with Crippen molar-refractivity contribution in [2.45, 2.75) is 38.1 Å². The maximum Gasteiger partial charge on any atom is 0.120 e. The fourth-order valence-electron chi connectivity index (χ4n) is 2.54. The number of rotatable bonds is 2. The van der Waals surface area contributed by atoms with E-state index in [0.717, 1.165) is 18.4 Å². The van der Waals surface area contributed by atoms with Gasteiger partial charge in [-0.2, -0.15) is 0 Å². The Hall–Kier alpha value is -0.730. The van der Waals surface area contributed by atoms with Crippen LogP contribution in [0.15, 0.2) is 18.2 Å². The molecular formula is C13H18ClNO. The maximum atomic E-state index is 9.80. The molecule has 2 nitrogen and oxygen atoms in total. The summed E-state index contributed by atoms with van der Waals surface area (Å²) in [4.78, 5) is 0. The molecule has 1 aromatic rings. The number of hydrogen-bond donors (Lipinski definition) is 2. The molecule has 0 unspecified atom stereocenters. The van der Waals surface area contributed by atoms with E-state index < -0.39 is 0 Å². The molecule has 3 heteroatoms. The van der Waals surface area contributed by atoms with Crippen molar-refractivity contribution in [1.29, 1.82) is 0 Å². The smallest absolute Gasteiger partial charge is 0.120 e. The molecular weight excluding hydrogens is 222 g/mol. The number of nitrogens with two attached hydrogens (primary N) is 1. The minimum absolute atomic E-state index is 0.0843. The van der Waals surface area contributed by atoms with Gasteiger partial charge in [0.1, 0.15) is 5.75 Å². The molecule has 1 aromatic carbocycles. The third-order valence-corrected chi connectivity index (χ3v) is 3.74. The average Bonchev–Trinajstić information content (AvgIpc) is 2.32. The molecule has 0 spiro atoms. The number of phenols is 1. The first kappa shape index (κ1) is 11.7.